The summed E-state index contributed by atoms with van der Waals surface area (Å²) in [6.45, 7) is -0.143. The van der Waals surface area contributed by atoms with Crippen LogP contribution in [0.5, 0.6) is 0 Å². The summed E-state index contributed by atoms with van der Waals surface area (Å²) in [6, 6.07) is 18.0. The van der Waals surface area contributed by atoms with E-state index in [2.05, 4.69) is 5.32 Å². The number of hydrogen-bond donors (Lipinski definition) is 1. The fourth-order valence-corrected chi connectivity index (χ4v) is 7.83. The summed E-state index contributed by atoms with van der Waals surface area (Å²) >= 11 is 6.62. The number of rotatable bonds is 8. The number of nitrogens with zero attached hydrogens (tertiary/aromatic N) is 3. The number of nitrogens with one attached hydrogen (secondary N) is 1. The summed E-state index contributed by atoms with van der Waals surface area (Å²) in [7, 11) is -3.86. The van der Waals surface area contributed by atoms with Gasteiger partial charge in [0.2, 0.25) is 21.8 Å². The molecular weight excluding hydrogens is 591 g/mol. The molecule has 1 heterocycles. The van der Waals surface area contributed by atoms with Gasteiger partial charge in [-0.2, -0.15) is 9.57 Å². The van der Waals surface area contributed by atoms with Crippen LogP contribution in [0.15, 0.2) is 72.8 Å². The first-order valence-electron chi connectivity index (χ1n) is 14.3. The second-order valence-electron chi connectivity index (χ2n) is 10.9. The molecule has 224 valence electrons. The van der Waals surface area contributed by atoms with Crippen LogP contribution in [0.3, 0.4) is 0 Å². The zero-order chi connectivity index (χ0) is 30.6. The molecule has 0 spiro atoms. The SMILES string of the molecule is N#Cc1cccc(CN2[C@H](C(=O)N(c3cccc(F)c3)[C@H](C(=O)NC3CCCCC3)c3ccccc3Cl)CCS2(=O)=O)c1. The molecule has 1 saturated carbocycles. The topological polar surface area (TPSA) is 111 Å². The minimum absolute atomic E-state index is 0.0234. The van der Waals surface area contributed by atoms with E-state index in [1.165, 1.54) is 23.1 Å². The van der Waals surface area contributed by atoms with Gasteiger partial charge >= 0.3 is 0 Å². The molecular formula is C32H32ClFN4O4S. The minimum Gasteiger partial charge on any atom is -0.351 e. The Morgan fingerprint density at radius 1 is 1.02 bits per heavy atom. The Bertz CT molecular complexity index is 1650. The highest BCUT2D eigenvalue weighted by atomic mass is 35.5. The lowest BCUT2D eigenvalue weighted by Crippen LogP contribution is -2.52. The van der Waals surface area contributed by atoms with E-state index >= 15 is 0 Å². The van der Waals surface area contributed by atoms with Crippen LogP contribution in [0.4, 0.5) is 10.1 Å². The standard InChI is InChI=1S/C32H32ClFN4O4S/c33-28-15-5-4-14-27(28)30(31(39)36-25-11-2-1-3-12-25)38(26-13-7-10-24(34)19-26)32(40)29-16-17-43(41,42)37(29)21-23-9-6-8-22(18-23)20-35/h4-10,13-15,18-19,25,29-30H,1-3,11-12,16-17,21H2,(H,36,39)/t29-,30-/m0/s1. The number of amides is 2. The number of sulfonamides is 1. The van der Waals surface area contributed by atoms with E-state index in [1.807, 2.05) is 6.07 Å². The Morgan fingerprint density at radius 2 is 1.77 bits per heavy atom. The maximum atomic E-state index is 14.6. The number of carbonyl (C=O) groups excluding carboxylic acids is 2. The summed E-state index contributed by atoms with van der Waals surface area (Å²) in [5, 5.41) is 12.7. The number of benzene rings is 3. The quantitative estimate of drug-likeness (QED) is 0.358. The van der Waals surface area contributed by atoms with E-state index in [1.54, 1.807) is 48.5 Å². The summed E-state index contributed by atoms with van der Waals surface area (Å²) in [6.07, 6.45) is 4.59. The monoisotopic (exact) mass is 622 g/mol. The van der Waals surface area contributed by atoms with Gasteiger partial charge in [0.15, 0.2) is 0 Å². The third-order valence-corrected chi connectivity index (χ3v) is 10.2. The van der Waals surface area contributed by atoms with E-state index in [0.29, 0.717) is 16.7 Å². The molecule has 0 unspecified atom stereocenters. The van der Waals surface area contributed by atoms with Crippen molar-refractivity contribution in [1.82, 2.24) is 9.62 Å². The van der Waals surface area contributed by atoms with Crippen LogP contribution in [0, 0.1) is 17.1 Å². The van der Waals surface area contributed by atoms with Gasteiger partial charge in [-0.1, -0.05) is 67.3 Å². The second kappa shape index (κ2) is 13.2. The predicted molar refractivity (Wildman–Crippen MR) is 162 cm³/mol. The van der Waals surface area contributed by atoms with Crippen LogP contribution in [-0.2, 0) is 26.2 Å². The van der Waals surface area contributed by atoms with Crippen LogP contribution < -0.4 is 10.2 Å². The molecule has 0 aromatic heterocycles. The van der Waals surface area contributed by atoms with Crippen molar-refractivity contribution in [1.29, 1.82) is 5.26 Å². The maximum absolute atomic E-state index is 14.6. The average Bonchev–Trinajstić information content (AvgIpc) is 3.30. The first-order valence-corrected chi connectivity index (χ1v) is 16.3. The van der Waals surface area contributed by atoms with Crippen molar-refractivity contribution in [2.45, 2.75) is 63.2 Å². The molecule has 43 heavy (non-hydrogen) atoms. The van der Waals surface area contributed by atoms with Crippen molar-refractivity contribution in [3.8, 4) is 6.07 Å². The molecule has 2 amide bonds. The van der Waals surface area contributed by atoms with Crippen LogP contribution in [0.1, 0.15) is 61.3 Å². The van der Waals surface area contributed by atoms with Gasteiger partial charge in [-0.3, -0.25) is 14.5 Å². The number of halogens is 2. The largest absolute Gasteiger partial charge is 0.351 e. The lowest BCUT2D eigenvalue weighted by Gasteiger charge is -2.36. The highest BCUT2D eigenvalue weighted by Gasteiger charge is 2.46. The van der Waals surface area contributed by atoms with Gasteiger partial charge in [0.05, 0.1) is 17.4 Å². The molecule has 3 aromatic rings. The molecule has 1 saturated heterocycles. The summed E-state index contributed by atoms with van der Waals surface area (Å²) in [5.74, 6) is -2.05. The smallest absolute Gasteiger partial charge is 0.248 e. The zero-order valence-corrected chi connectivity index (χ0v) is 25.0. The fraction of sp³-hybridized carbons (Fsp3) is 0.344. The molecule has 2 atom stereocenters. The average molecular weight is 623 g/mol. The summed E-state index contributed by atoms with van der Waals surface area (Å²) < 4.78 is 42.3. The summed E-state index contributed by atoms with van der Waals surface area (Å²) in [5.41, 5.74) is 1.34. The molecule has 1 aliphatic carbocycles. The zero-order valence-electron chi connectivity index (χ0n) is 23.5. The first-order chi connectivity index (χ1) is 20.7. The van der Waals surface area contributed by atoms with E-state index in [9.17, 15) is 27.7 Å². The predicted octanol–water partition coefficient (Wildman–Crippen LogP) is 5.48. The van der Waals surface area contributed by atoms with E-state index < -0.39 is 39.7 Å². The molecule has 11 heteroatoms. The summed E-state index contributed by atoms with van der Waals surface area (Å²) in [4.78, 5) is 29.9. The number of carbonyl (C=O) groups is 2. The number of hydrogen-bond acceptors (Lipinski definition) is 5. The molecule has 0 bridgehead atoms. The maximum Gasteiger partial charge on any atom is 0.248 e. The Balaban J connectivity index is 1.59. The minimum atomic E-state index is -3.86. The van der Waals surface area contributed by atoms with E-state index in [4.69, 9.17) is 11.6 Å². The second-order valence-corrected chi connectivity index (χ2v) is 13.4. The Morgan fingerprint density at radius 3 is 2.49 bits per heavy atom. The van der Waals surface area contributed by atoms with Crippen molar-refractivity contribution in [3.63, 3.8) is 0 Å². The molecule has 8 nitrogen and oxygen atoms in total. The van der Waals surface area contributed by atoms with Crippen molar-refractivity contribution in [2.24, 2.45) is 0 Å². The third kappa shape index (κ3) is 6.90. The van der Waals surface area contributed by atoms with Crippen molar-refractivity contribution < 1.29 is 22.4 Å². The molecule has 3 aromatic carbocycles. The molecule has 1 aliphatic heterocycles. The number of anilines is 1. The lowest BCUT2D eigenvalue weighted by molar-refractivity contribution is -0.128. The van der Waals surface area contributed by atoms with Crippen LogP contribution in [0.2, 0.25) is 5.02 Å². The normalized spacial score (nSPS) is 19.3. The first kappa shape index (κ1) is 30.7. The van der Waals surface area contributed by atoms with Gasteiger partial charge in [0.1, 0.15) is 17.9 Å². The van der Waals surface area contributed by atoms with Crippen molar-refractivity contribution in [2.75, 3.05) is 10.7 Å². The van der Waals surface area contributed by atoms with Gasteiger partial charge in [-0.05, 0) is 61.2 Å². The highest BCUT2D eigenvalue weighted by molar-refractivity contribution is 7.89. The van der Waals surface area contributed by atoms with Gasteiger partial charge in [-0.25, -0.2) is 12.8 Å². The molecule has 5 rings (SSSR count). The van der Waals surface area contributed by atoms with Gasteiger partial charge in [0.25, 0.3) is 0 Å². The van der Waals surface area contributed by atoms with Crippen LogP contribution in [0.25, 0.3) is 0 Å². The van der Waals surface area contributed by atoms with Gasteiger partial charge in [-0.15, -0.1) is 0 Å². The van der Waals surface area contributed by atoms with E-state index in [0.717, 1.165) is 42.5 Å². The lowest BCUT2D eigenvalue weighted by atomic mass is 9.94. The fourth-order valence-electron chi connectivity index (χ4n) is 5.90. The molecule has 0 radical (unpaired) electrons. The Kier molecular flexibility index (Phi) is 9.45. The molecule has 2 aliphatic rings. The Hall–Kier alpha value is -3.78. The van der Waals surface area contributed by atoms with Gasteiger partial charge < -0.3 is 5.32 Å². The Labute approximate surface area is 256 Å². The molecule has 1 N–H and O–H groups in total. The number of nitriles is 1. The third-order valence-electron chi connectivity index (χ3n) is 8.02. The van der Waals surface area contributed by atoms with Crippen molar-refractivity contribution >= 4 is 39.1 Å². The van der Waals surface area contributed by atoms with E-state index in [-0.39, 0.29) is 35.5 Å². The molecule has 2 fully saturated rings. The van der Waals surface area contributed by atoms with Crippen molar-refractivity contribution in [3.05, 3.63) is 100 Å². The van der Waals surface area contributed by atoms with Gasteiger partial charge in [0, 0.05) is 28.9 Å². The highest BCUT2D eigenvalue weighted by Crippen LogP contribution is 2.36. The van der Waals surface area contributed by atoms with Crippen LogP contribution >= 0.6 is 11.6 Å². The van der Waals surface area contributed by atoms with Crippen LogP contribution in [-0.4, -0.2) is 42.4 Å².